The van der Waals surface area contributed by atoms with E-state index in [-0.39, 0.29) is 11.8 Å². The molecule has 0 aliphatic carbocycles. The third kappa shape index (κ3) is 2.70. The number of rotatable bonds is 4. The number of aromatic amines is 1. The van der Waals surface area contributed by atoms with Crippen molar-refractivity contribution in [2.24, 2.45) is 0 Å². The molecule has 0 aliphatic rings. The zero-order valence-electron chi connectivity index (χ0n) is 8.37. The highest BCUT2D eigenvalue weighted by atomic mass is 16.1. The molecule has 1 rings (SSSR count). The molecule has 13 heavy (non-hydrogen) atoms. The molecule has 0 bridgehead atoms. The number of hydrogen-bond donors (Lipinski definition) is 1. The van der Waals surface area contributed by atoms with Crippen LogP contribution in [0.5, 0.6) is 0 Å². The molecule has 3 heteroatoms. The Bertz CT molecular complexity index is 264. The van der Waals surface area contributed by atoms with Crippen LogP contribution in [0, 0.1) is 0 Å². The second kappa shape index (κ2) is 4.23. The van der Waals surface area contributed by atoms with Gasteiger partial charge in [-0.3, -0.25) is 4.79 Å². The Balaban J connectivity index is 2.74. The molecule has 72 valence electrons. The zero-order valence-corrected chi connectivity index (χ0v) is 8.37. The van der Waals surface area contributed by atoms with Crippen LogP contribution in [0.15, 0.2) is 18.3 Å². The molecule has 1 atom stereocenters. The largest absolute Gasteiger partial charge is 0.364 e. The van der Waals surface area contributed by atoms with E-state index in [1.54, 1.807) is 6.92 Å². The number of aromatic nitrogens is 1. The summed E-state index contributed by atoms with van der Waals surface area (Å²) < 4.78 is 0. The van der Waals surface area contributed by atoms with Crippen molar-refractivity contribution >= 4 is 5.78 Å². The number of Topliss-reactive ketones (excluding diaryl/α,β-unsaturated/α-hetero) is 1. The van der Waals surface area contributed by atoms with Gasteiger partial charge in [-0.25, -0.2) is 0 Å². The van der Waals surface area contributed by atoms with Crippen LogP contribution in [0.2, 0.25) is 0 Å². The maximum atomic E-state index is 11.0. The third-order valence-electron chi connectivity index (χ3n) is 2.09. The second-order valence-electron chi connectivity index (χ2n) is 3.51. The molecule has 0 amide bonds. The first-order valence-electron chi connectivity index (χ1n) is 4.40. The average molecular weight is 180 g/mol. The summed E-state index contributed by atoms with van der Waals surface area (Å²) in [5, 5.41) is 0. The smallest absolute Gasteiger partial charge is 0.131 e. The van der Waals surface area contributed by atoms with Gasteiger partial charge in [0.2, 0.25) is 0 Å². The Morgan fingerprint density at radius 1 is 1.62 bits per heavy atom. The van der Waals surface area contributed by atoms with Crippen LogP contribution in [-0.2, 0) is 4.79 Å². The SMILES string of the molecule is CC(=O)CC(c1ccc[nH]1)N(C)C. The summed E-state index contributed by atoms with van der Waals surface area (Å²) in [5.74, 6) is 0.216. The number of hydrogen-bond acceptors (Lipinski definition) is 2. The van der Waals surface area contributed by atoms with Gasteiger partial charge < -0.3 is 9.88 Å². The van der Waals surface area contributed by atoms with Crippen molar-refractivity contribution in [3.8, 4) is 0 Å². The Hall–Kier alpha value is -1.09. The van der Waals surface area contributed by atoms with Gasteiger partial charge in [-0.15, -0.1) is 0 Å². The van der Waals surface area contributed by atoms with E-state index in [0.717, 1.165) is 5.69 Å². The van der Waals surface area contributed by atoms with E-state index in [1.165, 1.54) is 0 Å². The number of carbonyl (C=O) groups is 1. The fraction of sp³-hybridized carbons (Fsp3) is 0.500. The normalized spacial score (nSPS) is 13.2. The molecule has 0 spiro atoms. The first kappa shape index (κ1) is 9.99. The van der Waals surface area contributed by atoms with Crippen LogP contribution in [0.1, 0.15) is 25.1 Å². The molecule has 1 aromatic heterocycles. The third-order valence-corrected chi connectivity index (χ3v) is 2.09. The van der Waals surface area contributed by atoms with Gasteiger partial charge in [0.25, 0.3) is 0 Å². The molecular weight excluding hydrogens is 164 g/mol. The topological polar surface area (TPSA) is 36.1 Å². The molecule has 0 aromatic carbocycles. The highest BCUT2D eigenvalue weighted by Gasteiger charge is 2.16. The van der Waals surface area contributed by atoms with E-state index in [1.807, 2.05) is 37.3 Å². The van der Waals surface area contributed by atoms with E-state index < -0.39 is 0 Å². The molecule has 0 saturated carbocycles. The molecule has 0 saturated heterocycles. The summed E-state index contributed by atoms with van der Waals surface area (Å²) in [5.41, 5.74) is 1.10. The van der Waals surface area contributed by atoms with Crippen LogP contribution < -0.4 is 0 Å². The molecule has 1 heterocycles. The van der Waals surface area contributed by atoms with Crippen molar-refractivity contribution in [1.82, 2.24) is 9.88 Å². The molecule has 0 fully saturated rings. The number of H-pyrrole nitrogens is 1. The Kier molecular flexibility index (Phi) is 3.25. The van der Waals surface area contributed by atoms with Crippen LogP contribution in [0.3, 0.4) is 0 Å². The molecule has 3 nitrogen and oxygen atoms in total. The van der Waals surface area contributed by atoms with Crippen molar-refractivity contribution in [2.45, 2.75) is 19.4 Å². The summed E-state index contributed by atoms with van der Waals surface area (Å²) in [6, 6.07) is 4.13. The number of nitrogens with one attached hydrogen (secondary N) is 1. The summed E-state index contributed by atoms with van der Waals surface area (Å²) >= 11 is 0. The average Bonchev–Trinajstić information content (AvgIpc) is 2.50. The van der Waals surface area contributed by atoms with Crippen LogP contribution in [0.25, 0.3) is 0 Å². The van der Waals surface area contributed by atoms with Gasteiger partial charge in [0.1, 0.15) is 5.78 Å². The summed E-state index contributed by atoms with van der Waals surface area (Å²) in [6.07, 6.45) is 2.44. The molecular formula is C10H16N2O. The van der Waals surface area contributed by atoms with Gasteiger partial charge in [-0.2, -0.15) is 0 Å². The van der Waals surface area contributed by atoms with Crippen molar-refractivity contribution in [1.29, 1.82) is 0 Å². The number of ketones is 1. The van der Waals surface area contributed by atoms with Gasteiger partial charge in [-0.1, -0.05) is 0 Å². The predicted octanol–water partition coefficient (Wildman–Crippen LogP) is 1.60. The number of nitrogens with zero attached hydrogens (tertiary/aromatic N) is 1. The fourth-order valence-electron chi connectivity index (χ4n) is 1.39. The monoisotopic (exact) mass is 180 g/mol. The highest BCUT2D eigenvalue weighted by molar-refractivity contribution is 5.76. The van der Waals surface area contributed by atoms with E-state index in [4.69, 9.17) is 0 Å². The van der Waals surface area contributed by atoms with Crippen LogP contribution in [-0.4, -0.2) is 29.8 Å². The highest BCUT2D eigenvalue weighted by Crippen LogP contribution is 2.19. The summed E-state index contributed by atoms with van der Waals surface area (Å²) in [7, 11) is 3.96. The van der Waals surface area contributed by atoms with E-state index >= 15 is 0 Å². The van der Waals surface area contributed by atoms with Gasteiger partial charge in [0, 0.05) is 18.3 Å². The summed E-state index contributed by atoms with van der Waals surface area (Å²) in [6.45, 7) is 1.62. The lowest BCUT2D eigenvalue weighted by molar-refractivity contribution is -0.118. The summed E-state index contributed by atoms with van der Waals surface area (Å²) in [4.78, 5) is 16.2. The van der Waals surface area contributed by atoms with E-state index in [9.17, 15) is 4.79 Å². The zero-order chi connectivity index (χ0) is 9.84. The van der Waals surface area contributed by atoms with E-state index in [2.05, 4.69) is 4.98 Å². The van der Waals surface area contributed by atoms with Crippen molar-refractivity contribution < 1.29 is 4.79 Å². The maximum absolute atomic E-state index is 11.0. The van der Waals surface area contributed by atoms with Gasteiger partial charge in [-0.05, 0) is 33.2 Å². The minimum Gasteiger partial charge on any atom is -0.364 e. The second-order valence-corrected chi connectivity index (χ2v) is 3.51. The van der Waals surface area contributed by atoms with Crippen molar-refractivity contribution in [3.05, 3.63) is 24.0 Å². The fourth-order valence-corrected chi connectivity index (χ4v) is 1.39. The first-order chi connectivity index (χ1) is 6.11. The van der Waals surface area contributed by atoms with Crippen LogP contribution in [0.4, 0.5) is 0 Å². The van der Waals surface area contributed by atoms with Crippen LogP contribution >= 0.6 is 0 Å². The first-order valence-corrected chi connectivity index (χ1v) is 4.40. The lowest BCUT2D eigenvalue weighted by Crippen LogP contribution is -2.22. The number of carbonyl (C=O) groups excluding carboxylic acids is 1. The molecule has 1 unspecified atom stereocenters. The lowest BCUT2D eigenvalue weighted by Gasteiger charge is -2.22. The standard InChI is InChI=1S/C10H16N2O/c1-8(13)7-10(12(2)3)9-5-4-6-11-9/h4-6,10-11H,7H2,1-3H3. The van der Waals surface area contributed by atoms with E-state index in [0.29, 0.717) is 6.42 Å². The van der Waals surface area contributed by atoms with Crippen molar-refractivity contribution in [2.75, 3.05) is 14.1 Å². The maximum Gasteiger partial charge on any atom is 0.131 e. The molecule has 1 N–H and O–H groups in total. The molecule has 0 radical (unpaired) electrons. The molecule has 1 aromatic rings. The Morgan fingerprint density at radius 3 is 2.69 bits per heavy atom. The quantitative estimate of drug-likeness (QED) is 0.764. The lowest BCUT2D eigenvalue weighted by atomic mass is 10.1. The Labute approximate surface area is 78.8 Å². The molecule has 0 aliphatic heterocycles. The van der Waals surface area contributed by atoms with Crippen molar-refractivity contribution in [3.63, 3.8) is 0 Å². The van der Waals surface area contributed by atoms with Gasteiger partial charge in [0.05, 0.1) is 6.04 Å². The minimum atomic E-state index is 0.174. The minimum absolute atomic E-state index is 0.174. The van der Waals surface area contributed by atoms with Gasteiger partial charge >= 0.3 is 0 Å². The van der Waals surface area contributed by atoms with Gasteiger partial charge in [0.15, 0.2) is 0 Å². The Morgan fingerprint density at radius 2 is 2.31 bits per heavy atom. The predicted molar refractivity (Wildman–Crippen MR) is 52.5 cm³/mol.